The van der Waals surface area contributed by atoms with Crippen molar-refractivity contribution in [3.8, 4) is 5.75 Å². The van der Waals surface area contributed by atoms with Crippen LogP contribution in [0.3, 0.4) is 0 Å². The molecule has 0 radical (unpaired) electrons. The van der Waals surface area contributed by atoms with Crippen LogP contribution in [0.1, 0.15) is 28.4 Å². The molecule has 0 saturated heterocycles. The fourth-order valence-electron chi connectivity index (χ4n) is 1.83. The van der Waals surface area contributed by atoms with Crippen LogP contribution in [0, 0.1) is 0 Å². The Morgan fingerprint density at radius 3 is 2.42 bits per heavy atom. The molecular weight excluding hydrogens is 238 g/mol. The van der Waals surface area contributed by atoms with E-state index in [1.165, 1.54) is 5.56 Å². The molecule has 1 amide bonds. The molecule has 0 spiro atoms. The van der Waals surface area contributed by atoms with Gasteiger partial charge in [-0.15, -0.1) is 0 Å². The second-order valence-corrected chi connectivity index (χ2v) is 4.36. The van der Waals surface area contributed by atoms with Gasteiger partial charge in [0.2, 0.25) is 0 Å². The van der Waals surface area contributed by atoms with Crippen LogP contribution in [-0.2, 0) is 13.0 Å². The Labute approximate surface area is 112 Å². The molecule has 0 saturated carbocycles. The average molecular weight is 255 g/mol. The highest BCUT2D eigenvalue weighted by Crippen LogP contribution is 2.15. The van der Waals surface area contributed by atoms with Crippen molar-refractivity contribution < 1.29 is 9.90 Å². The first-order valence-electron chi connectivity index (χ1n) is 6.34. The van der Waals surface area contributed by atoms with Gasteiger partial charge in [0.05, 0.1) is 0 Å². The predicted octanol–water partition coefficient (Wildman–Crippen LogP) is 2.88. The maximum absolute atomic E-state index is 11.9. The van der Waals surface area contributed by atoms with Crippen LogP contribution >= 0.6 is 0 Å². The van der Waals surface area contributed by atoms with Gasteiger partial charge >= 0.3 is 0 Å². The predicted molar refractivity (Wildman–Crippen MR) is 75.1 cm³/mol. The van der Waals surface area contributed by atoms with E-state index >= 15 is 0 Å². The number of rotatable bonds is 4. The van der Waals surface area contributed by atoms with Gasteiger partial charge in [-0.3, -0.25) is 4.79 Å². The highest BCUT2D eigenvalue weighted by Gasteiger charge is 2.06. The highest BCUT2D eigenvalue weighted by molar-refractivity contribution is 5.94. The van der Waals surface area contributed by atoms with E-state index in [-0.39, 0.29) is 11.7 Å². The first kappa shape index (κ1) is 13.1. The van der Waals surface area contributed by atoms with Gasteiger partial charge in [-0.25, -0.2) is 0 Å². The minimum absolute atomic E-state index is 0.133. The minimum atomic E-state index is -0.133. The van der Waals surface area contributed by atoms with E-state index in [0.717, 1.165) is 6.42 Å². The van der Waals surface area contributed by atoms with Crippen LogP contribution in [0.2, 0.25) is 0 Å². The number of phenolic OH excluding ortho intramolecular Hbond substituents is 1. The summed E-state index contributed by atoms with van der Waals surface area (Å²) in [4.78, 5) is 11.9. The van der Waals surface area contributed by atoms with Crippen LogP contribution in [0.25, 0.3) is 0 Å². The molecular formula is C16H17NO2. The van der Waals surface area contributed by atoms with Crippen molar-refractivity contribution >= 4 is 5.91 Å². The Balaban J connectivity index is 1.99. The number of para-hydroxylation sites is 1. The molecule has 0 unspecified atom stereocenters. The Hall–Kier alpha value is -2.29. The second kappa shape index (κ2) is 6.05. The summed E-state index contributed by atoms with van der Waals surface area (Å²) in [6, 6.07) is 14.5. The molecule has 2 aromatic rings. The summed E-state index contributed by atoms with van der Waals surface area (Å²) in [7, 11) is 0. The number of aryl methyl sites for hydroxylation is 1. The molecule has 2 rings (SSSR count). The van der Waals surface area contributed by atoms with Crippen LogP contribution < -0.4 is 5.32 Å². The largest absolute Gasteiger partial charge is 0.508 e. The van der Waals surface area contributed by atoms with Crippen molar-refractivity contribution in [1.29, 1.82) is 0 Å². The zero-order chi connectivity index (χ0) is 13.7. The van der Waals surface area contributed by atoms with E-state index < -0.39 is 0 Å². The van der Waals surface area contributed by atoms with Crippen LogP contribution in [-0.4, -0.2) is 11.0 Å². The van der Waals surface area contributed by atoms with E-state index in [9.17, 15) is 9.90 Å². The third-order valence-electron chi connectivity index (χ3n) is 3.06. The maximum Gasteiger partial charge on any atom is 0.251 e. The molecule has 0 heterocycles. The lowest BCUT2D eigenvalue weighted by Crippen LogP contribution is -2.22. The third-order valence-corrected chi connectivity index (χ3v) is 3.06. The van der Waals surface area contributed by atoms with Gasteiger partial charge in [-0.05, 0) is 30.2 Å². The SMILES string of the molecule is CCc1ccc(C(=O)NCc2ccccc2O)cc1. The topological polar surface area (TPSA) is 49.3 Å². The van der Waals surface area contributed by atoms with Crippen molar-refractivity contribution in [2.24, 2.45) is 0 Å². The molecule has 0 atom stereocenters. The van der Waals surface area contributed by atoms with Gasteiger partial charge < -0.3 is 10.4 Å². The number of hydrogen-bond acceptors (Lipinski definition) is 2. The second-order valence-electron chi connectivity index (χ2n) is 4.36. The first-order chi connectivity index (χ1) is 9.20. The number of carbonyl (C=O) groups excluding carboxylic acids is 1. The van der Waals surface area contributed by atoms with Crippen LogP contribution in [0.5, 0.6) is 5.75 Å². The van der Waals surface area contributed by atoms with Gasteiger partial charge in [0, 0.05) is 17.7 Å². The molecule has 0 fully saturated rings. The number of amides is 1. The Morgan fingerprint density at radius 2 is 1.79 bits per heavy atom. The summed E-state index contributed by atoms with van der Waals surface area (Å²) >= 11 is 0. The van der Waals surface area contributed by atoms with E-state index in [2.05, 4.69) is 12.2 Å². The smallest absolute Gasteiger partial charge is 0.251 e. The Bertz CT molecular complexity index is 561. The van der Waals surface area contributed by atoms with Crippen molar-refractivity contribution in [1.82, 2.24) is 5.32 Å². The Morgan fingerprint density at radius 1 is 1.11 bits per heavy atom. The summed E-state index contributed by atoms with van der Waals surface area (Å²) in [5, 5.41) is 12.4. The zero-order valence-corrected chi connectivity index (χ0v) is 10.9. The van der Waals surface area contributed by atoms with Crippen LogP contribution in [0.15, 0.2) is 48.5 Å². The number of carbonyl (C=O) groups is 1. The zero-order valence-electron chi connectivity index (χ0n) is 10.9. The normalized spacial score (nSPS) is 10.2. The van der Waals surface area contributed by atoms with Gasteiger partial charge in [0.15, 0.2) is 0 Å². The maximum atomic E-state index is 11.9. The molecule has 0 aliphatic heterocycles. The lowest BCUT2D eigenvalue weighted by atomic mass is 10.1. The van der Waals surface area contributed by atoms with Gasteiger partial charge in [-0.2, -0.15) is 0 Å². The van der Waals surface area contributed by atoms with Crippen molar-refractivity contribution in [2.75, 3.05) is 0 Å². The number of nitrogens with one attached hydrogen (secondary N) is 1. The fourth-order valence-corrected chi connectivity index (χ4v) is 1.83. The van der Waals surface area contributed by atoms with E-state index in [4.69, 9.17) is 0 Å². The summed E-state index contributed by atoms with van der Waals surface area (Å²) in [5.74, 6) is 0.0648. The lowest BCUT2D eigenvalue weighted by molar-refractivity contribution is 0.0951. The summed E-state index contributed by atoms with van der Waals surface area (Å²) in [6.45, 7) is 2.40. The fraction of sp³-hybridized carbons (Fsp3) is 0.188. The molecule has 2 aromatic carbocycles. The molecule has 3 nitrogen and oxygen atoms in total. The molecule has 3 heteroatoms. The van der Waals surface area contributed by atoms with Crippen molar-refractivity contribution in [2.45, 2.75) is 19.9 Å². The number of aromatic hydroxyl groups is 1. The van der Waals surface area contributed by atoms with Crippen molar-refractivity contribution in [3.63, 3.8) is 0 Å². The number of hydrogen-bond donors (Lipinski definition) is 2. The minimum Gasteiger partial charge on any atom is -0.508 e. The van der Waals surface area contributed by atoms with Crippen molar-refractivity contribution in [3.05, 3.63) is 65.2 Å². The Kier molecular flexibility index (Phi) is 4.18. The molecule has 0 bridgehead atoms. The van der Waals surface area contributed by atoms with Gasteiger partial charge in [-0.1, -0.05) is 37.3 Å². The monoisotopic (exact) mass is 255 g/mol. The van der Waals surface area contributed by atoms with Gasteiger partial charge in [0.25, 0.3) is 5.91 Å². The van der Waals surface area contributed by atoms with E-state index in [1.807, 2.05) is 30.3 Å². The van der Waals surface area contributed by atoms with E-state index in [1.54, 1.807) is 18.2 Å². The molecule has 0 aliphatic carbocycles. The summed E-state index contributed by atoms with van der Waals surface area (Å²) in [5.41, 5.74) is 2.55. The molecule has 0 aliphatic rings. The molecule has 2 N–H and O–H groups in total. The molecule has 19 heavy (non-hydrogen) atoms. The summed E-state index contributed by atoms with van der Waals surface area (Å²) in [6.07, 6.45) is 0.958. The average Bonchev–Trinajstić information content (AvgIpc) is 2.46. The van der Waals surface area contributed by atoms with Crippen LogP contribution in [0.4, 0.5) is 0 Å². The first-order valence-corrected chi connectivity index (χ1v) is 6.34. The van der Waals surface area contributed by atoms with Gasteiger partial charge in [0.1, 0.15) is 5.75 Å². The number of benzene rings is 2. The molecule has 98 valence electrons. The standard InChI is InChI=1S/C16H17NO2/c1-2-12-7-9-13(10-8-12)16(19)17-11-14-5-3-4-6-15(14)18/h3-10,18H,2,11H2,1H3,(H,17,19). The highest BCUT2D eigenvalue weighted by atomic mass is 16.3. The van der Waals surface area contributed by atoms with E-state index in [0.29, 0.717) is 17.7 Å². The lowest BCUT2D eigenvalue weighted by Gasteiger charge is -2.07. The quantitative estimate of drug-likeness (QED) is 0.882. The summed E-state index contributed by atoms with van der Waals surface area (Å²) < 4.78 is 0. The number of phenols is 1. The third kappa shape index (κ3) is 3.35. The molecule has 0 aromatic heterocycles.